The molecule has 7 amide bonds. The molecular formula is C38H53N7O8. The maximum atomic E-state index is 13.5. The number of benzene rings is 2. The molecule has 0 saturated carbocycles. The molecule has 288 valence electrons. The number of hydrogen-bond acceptors (Lipinski definition) is 7. The third-order valence-corrected chi connectivity index (χ3v) is 9.47. The fourth-order valence-corrected chi connectivity index (χ4v) is 5.99. The highest BCUT2D eigenvalue weighted by Gasteiger charge is 2.36. The van der Waals surface area contributed by atoms with E-state index in [4.69, 9.17) is 5.73 Å². The summed E-state index contributed by atoms with van der Waals surface area (Å²) < 4.78 is 0. The van der Waals surface area contributed by atoms with Gasteiger partial charge in [-0.2, -0.15) is 0 Å². The molecule has 53 heavy (non-hydrogen) atoms. The molecule has 1 heterocycles. The van der Waals surface area contributed by atoms with E-state index in [0.717, 1.165) is 5.56 Å². The summed E-state index contributed by atoms with van der Waals surface area (Å²) in [6.45, 7) is 8.01. The highest BCUT2D eigenvalue weighted by molar-refractivity contribution is 6.00. The minimum absolute atomic E-state index is 0.0833. The fraction of sp³-hybridized carbons (Fsp3) is 0.500. The molecule has 4 atom stereocenters. The van der Waals surface area contributed by atoms with Gasteiger partial charge in [-0.05, 0) is 61.4 Å². The number of nitrogens with two attached hydrogens (primary N) is 1. The van der Waals surface area contributed by atoms with Gasteiger partial charge in [-0.25, -0.2) is 4.79 Å². The van der Waals surface area contributed by atoms with E-state index in [-0.39, 0.29) is 43.7 Å². The summed E-state index contributed by atoms with van der Waals surface area (Å²) >= 11 is 0. The normalized spacial score (nSPS) is 15.2. The first-order chi connectivity index (χ1) is 25.2. The maximum absolute atomic E-state index is 13.5. The van der Waals surface area contributed by atoms with Crippen molar-refractivity contribution in [2.75, 3.05) is 23.7 Å². The summed E-state index contributed by atoms with van der Waals surface area (Å²) in [6, 6.07) is 10.0. The summed E-state index contributed by atoms with van der Waals surface area (Å²) in [5, 5.41) is 23.0. The topological polar surface area (TPSA) is 229 Å². The Bertz CT molecular complexity index is 1610. The summed E-state index contributed by atoms with van der Waals surface area (Å²) in [7, 11) is 0. The van der Waals surface area contributed by atoms with E-state index < -0.39 is 60.2 Å². The van der Waals surface area contributed by atoms with Crippen molar-refractivity contribution in [1.82, 2.24) is 20.9 Å². The standard InChI is InChI=1S/C38H53N7O8/c1-5-7-11-29(41-31(46)21-25-13-15-27(16-14-25)40-38(53)43-28-12-9-8-10-24(28)4)35(50)42-30(22-32(47)48)36(51)44-33(23(3)6-2)37(52)45-19-17-26(18-20-45)34(39)49/h8-10,12-16,23,26,29-30,33H,5-7,11,17-22H2,1-4H3,(H2,39,49)(H,41,46)(H,42,50)(H,44,51)(H,47,48)(H2,40,43,53)/t23?,29-,30-,33-/m0/s1. The monoisotopic (exact) mass is 735 g/mol. The van der Waals surface area contributed by atoms with Gasteiger partial charge in [0.25, 0.3) is 0 Å². The van der Waals surface area contributed by atoms with Crippen molar-refractivity contribution in [3.63, 3.8) is 0 Å². The van der Waals surface area contributed by atoms with Gasteiger partial charge in [-0.1, -0.05) is 70.4 Å². The number of carboxylic acids is 1. The minimum Gasteiger partial charge on any atom is -0.481 e. The summed E-state index contributed by atoms with van der Waals surface area (Å²) in [5.41, 5.74) is 8.14. The molecule has 8 N–H and O–H groups in total. The molecule has 1 aliphatic rings. The molecule has 3 rings (SSSR count). The minimum atomic E-state index is -1.52. The van der Waals surface area contributed by atoms with Crippen LogP contribution in [-0.4, -0.2) is 82.8 Å². The number of piperidine rings is 1. The van der Waals surface area contributed by atoms with Crippen LogP contribution >= 0.6 is 0 Å². The number of para-hydroxylation sites is 1. The van der Waals surface area contributed by atoms with Crippen molar-refractivity contribution in [2.45, 2.75) is 97.2 Å². The van der Waals surface area contributed by atoms with Crippen LogP contribution in [0.2, 0.25) is 0 Å². The number of unbranched alkanes of at least 4 members (excludes halogenated alkanes) is 1. The second-order valence-electron chi connectivity index (χ2n) is 13.6. The molecule has 1 aliphatic heterocycles. The van der Waals surface area contributed by atoms with Crippen molar-refractivity contribution < 1.29 is 38.7 Å². The number of amides is 7. The summed E-state index contributed by atoms with van der Waals surface area (Å²) in [5.74, 6) is -4.82. The Morgan fingerprint density at radius 3 is 2.09 bits per heavy atom. The number of carbonyl (C=O) groups excluding carboxylic acids is 6. The van der Waals surface area contributed by atoms with Crippen molar-refractivity contribution in [2.24, 2.45) is 17.6 Å². The summed E-state index contributed by atoms with van der Waals surface area (Å²) in [4.78, 5) is 91.1. The maximum Gasteiger partial charge on any atom is 0.323 e. The van der Waals surface area contributed by atoms with Gasteiger partial charge in [0.1, 0.15) is 18.1 Å². The van der Waals surface area contributed by atoms with Crippen LogP contribution < -0.4 is 32.3 Å². The molecule has 15 heteroatoms. The lowest BCUT2D eigenvalue weighted by molar-refractivity contribution is -0.143. The van der Waals surface area contributed by atoms with Crippen molar-refractivity contribution in [3.05, 3.63) is 59.7 Å². The van der Waals surface area contributed by atoms with E-state index >= 15 is 0 Å². The zero-order chi connectivity index (χ0) is 39.1. The number of anilines is 2. The average Bonchev–Trinajstić information content (AvgIpc) is 3.12. The Balaban J connectivity index is 1.64. The zero-order valence-electron chi connectivity index (χ0n) is 30.9. The van der Waals surface area contributed by atoms with Gasteiger partial charge in [0, 0.05) is 30.4 Å². The molecule has 15 nitrogen and oxygen atoms in total. The predicted octanol–water partition coefficient (Wildman–Crippen LogP) is 3.07. The molecule has 2 aromatic carbocycles. The smallest absolute Gasteiger partial charge is 0.323 e. The van der Waals surface area contributed by atoms with E-state index in [1.54, 1.807) is 42.2 Å². The van der Waals surface area contributed by atoms with Gasteiger partial charge < -0.3 is 42.3 Å². The summed E-state index contributed by atoms with van der Waals surface area (Å²) in [6.07, 6.45) is 2.01. The molecule has 1 saturated heterocycles. The fourth-order valence-electron chi connectivity index (χ4n) is 5.99. The Morgan fingerprint density at radius 1 is 0.868 bits per heavy atom. The second kappa shape index (κ2) is 20.5. The molecule has 0 radical (unpaired) electrons. The molecule has 0 bridgehead atoms. The number of hydrogen-bond donors (Lipinski definition) is 7. The first-order valence-electron chi connectivity index (χ1n) is 18.1. The first kappa shape index (κ1) is 41.9. The van der Waals surface area contributed by atoms with Crippen LogP contribution in [0.5, 0.6) is 0 Å². The van der Waals surface area contributed by atoms with Crippen LogP contribution in [0.25, 0.3) is 0 Å². The average molecular weight is 736 g/mol. The number of carbonyl (C=O) groups is 7. The molecule has 0 spiro atoms. The SMILES string of the molecule is CCCC[C@H](NC(=O)Cc1ccc(NC(=O)Nc2ccccc2C)cc1)C(=O)N[C@@H](CC(=O)O)C(=O)N[C@H](C(=O)N1CCC(C(N)=O)CC1)C(C)CC. The van der Waals surface area contributed by atoms with Gasteiger partial charge in [0.15, 0.2) is 0 Å². The number of likely N-dealkylation sites (tertiary alicyclic amines) is 1. The number of urea groups is 1. The van der Waals surface area contributed by atoms with Crippen molar-refractivity contribution in [3.8, 4) is 0 Å². The number of aryl methyl sites for hydroxylation is 1. The van der Waals surface area contributed by atoms with Crippen LogP contribution in [0.1, 0.15) is 76.8 Å². The molecule has 0 aliphatic carbocycles. The number of aliphatic carboxylic acids is 1. The Labute approximate surface area is 310 Å². The van der Waals surface area contributed by atoms with Crippen LogP contribution in [0, 0.1) is 18.8 Å². The van der Waals surface area contributed by atoms with Crippen LogP contribution in [-0.2, 0) is 35.2 Å². The van der Waals surface area contributed by atoms with E-state index in [0.29, 0.717) is 49.0 Å². The van der Waals surface area contributed by atoms with Crippen LogP contribution in [0.4, 0.5) is 16.2 Å². The number of nitrogens with zero attached hydrogens (tertiary/aromatic N) is 1. The van der Waals surface area contributed by atoms with E-state index in [1.807, 2.05) is 39.0 Å². The number of carboxylic acid groups (broad SMARTS) is 1. The third kappa shape index (κ3) is 13.2. The molecular weight excluding hydrogens is 682 g/mol. The zero-order valence-corrected chi connectivity index (χ0v) is 30.9. The number of primary amides is 1. The van der Waals surface area contributed by atoms with E-state index in [9.17, 15) is 38.7 Å². The molecule has 2 aromatic rings. The number of nitrogens with one attached hydrogen (secondary N) is 5. The molecule has 0 aromatic heterocycles. The van der Waals surface area contributed by atoms with Gasteiger partial charge in [-0.15, -0.1) is 0 Å². The second-order valence-corrected chi connectivity index (χ2v) is 13.6. The van der Waals surface area contributed by atoms with Crippen LogP contribution in [0.15, 0.2) is 48.5 Å². The van der Waals surface area contributed by atoms with Crippen LogP contribution in [0.3, 0.4) is 0 Å². The van der Waals surface area contributed by atoms with E-state index in [2.05, 4.69) is 26.6 Å². The largest absolute Gasteiger partial charge is 0.481 e. The van der Waals surface area contributed by atoms with Gasteiger partial charge in [-0.3, -0.25) is 28.8 Å². The molecule has 1 unspecified atom stereocenters. The lowest BCUT2D eigenvalue weighted by atomic mass is 9.93. The lowest BCUT2D eigenvalue weighted by Gasteiger charge is -2.35. The van der Waals surface area contributed by atoms with Crippen molar-refractivity contribution in [1.29, 1.82) is 0 Å². The van der Waals surface area contributed by atoms with E-state index in [1.165, 1.54) is 0 Å². The number of rotatable bonds is 18. The lowest BCUT2D eigenvalue weighted by Crippen LogP contribution is -2.59. The Morgan fingerprint density at radius 2 is 1.51 bits per heavy atom. The predicted molar refractivity (Wildman–Crippen MR) is 199 cm³/mol. The Hall–Kier alpha value is -5.47. The van der Waals surface area contributed by atoms with Gasteiger partial charge in [0.2, 0.25) is 29.5 Å². The quantitative estimate of drug-likeness (QED) is 0.120. The Kier molecular flexibility index (Phi) is 16.3. The highest BCUT2D eigenvalue weighted by Crippen LogP contribution is 2.20. The first-order valence-corrected chi connectivity index (χ1v) is 18.1. The van der Waals surface area contributed by atoms with Gasteiger partial charge >= 0.3 is 12.0 Å². The highest BCUT2D eigenvalue weighted by atomic mass is 16.4. The van der Waals surface area contributed by atoms with Gasteiger partial charge in [0.05, 0.1) is 12.8 Å². The third-order valence-electron chi connectivity index (χ3n) is 9.47. The van der Waals surface area contributed by atoms with Crippen molar-refractivity contribution >= 4 is 52.9 Å². The molecule has 1 fully saturated rings.